The molecule has 0 radical (unpaired) electrons. The smallest absolute Gasteiger partial charge is 0.0933 e. The molecule has 3 heteroatoms. The van der Waals surface area contributed by atoms with E-state index in [4.69, 9.17) is 9.47 Å². The van der Waals surface area contributed by atoms with Gasteiger partial charge in [0, 0.05) is 12.6 Å². The van der Waals surface area contributed by atoms with Gasteiger partial charge in [-0.25, -0.2) is 0 Å². The van der Waals surface area contributed by atoms with Gasteiger partial charge in [-0.2, -0.15) is 0 Å². The van der Waals surface area contributed by atoms with Crippen molar-refractivity contribution in [3.63, 3.8) is 0 Å². The van der Waals surface area contributed by atoms with Crippen LogP contribution in [0, 0.1) is 0 Å². The quantitative estimate of drug-likeness (QED) is 0.701. The summed E-state index contributed by atoms with van der Waals surface area (Å²) in [7, 11) is 0. The van der Waals surface area contributed by atoms with Crippen molar-refractivity contribution < 1.29 is 9.47 Å². The molecule has 0 bridgehead atoms. The monoisotopic (exact) mass is 187 g/mol. The van der Waals surface area contributed by atoms with Crippen molar-refractivity contribution in [2.45, 2.75) is 38.8 Å². The first-order valence-electron chi connectivity index (χ1n) is 5.25. The molecule has 78 valence electrons. The molecule has 3 nitrogen and oxygen atoms in total. The molecule has 0 aromatic heterocycles. The first kappa shape index (κ1) is 11.0. The Morgan fingerprint density at radius 1 is 1.46 bits per heavy atom. The maximum absolute atomic E-state index is 5.52. The van der Waals surface area contributed by atoms with Crippen LogP contribution in [0.5, 0.6) is 0 Å². The van der Waals surface area contributed by atoms with E-state index in [0.29, 0.717) is 6.04 Å². The summed E-state index contributed by atoms with van der Waals surface area (Å²) in [4.78, 5) is 0. The fourth-order valence-corrected chi connectivity index (χ4v) is 1.52. The molecule has 0 spiro atoms. The lowest BCUT2D eigenvalue weighted by atomic mass is 10.2. The lowest BCUT2D eigenvalue weighted by Gasteiger charge is -2.24. The standard InChI is InChI=1S/C10H21NO2/c1-3-4-9(2)11-7-10-8-12-5-6-13-10/h9-11H,3-8H2,1-2H3. The Morgan fingerprint density at radius 2 is 2.31 bits per heavy atom. The van der Waals surface area contributed by atoms with Crippen LogP contribution in [0.3, 0.4) is 0 Å². The Kier molecular flexibility index (Phi) is 5.35. The van der Waals surface area contributed by atoms with Crippen molar-refractivity contribution in [1.29, 1.82) is 0 Å². The van der Waals surface area contributed by atoms with Gasteiger partial charge in [-0.15, -0.1) is 0 Å². The minimum Gasteiger partial charge on any atom is -0.376 e. The van der Waals surface area contributed by atoms with Gasteiger partial charge in [-0.05, 0) is 13.3 Å². The lowest BCUT2D eigenvalue weighted by molar-refractivity contribution is -0.0869. The van der Waals surface area contributed by atoms with Gasteiger partial charge in [-0.1, -0.05) is 13.3 Å². The van der Waals surface area contributed by atoms with Crippen molar-refractivity contribution >= 4 is 0 Å². The minimum absolute atomic E-state index is 0.257. The molecular formula is C10H21NO2. The van der Waals surface area contributed by atoms with Gasteiger partial charge < -0.3 is 14.8 Å². The van der Waals surface area contributed by atoms with Crippen molar-refractivity contribution in [2.75, 3.05) is 26.4 Å². The highest BCUT2D eigenvalue weighted by Gasteiger charge is 2.14. The van der Waals surface area contributed by atoms with Gasteiger partial charge in [0.2, 0.25) is 0 Å². The topological polar surface area (TPSA) is 30.5 Å². The van der Waals surface area contributed by atoms with Gasteiger partial charge in [0.15, 0.2) is 0 Å². The number of hydrogen-bond acceptors (Lipinski definition) is 3. The average molecular weight is 187 g/mol. The molecule has 1 aliphatic heterocycles. The first-order chi connectivity index (χ1) is 6.33. The molecule has 1 heterocycles. The molecule has 1 saturated heterocycles. The van der Waals surface area contributed by atoms with Crippen LogP contribution in [0.2, 0.25) is 0 Å². The fraction of sp³-hybridized carbons (Fsp3) is 1.00. The van der Waals surface area contributed by atoms with E-state index in [2.05, 4.69) is 19.2 Å². The van der Waals surface area contributed by atoms with E-state index in [9.17, 15) is 0 Å². The Balaban J connectivity index is 2.03. The third-order valence-corrected chi connectivity index (χ3v) is 2.30. The molecule has 1 N–H and O–H groups in total. The summed E-state index contributed by atoms with van der Waals surface area (Å²) in [5.41, 5.74) is 0. The van der Waals surface area contributed by atoms with E-state index in [-0.39, 0.29) is 6.10 Å². The van der Waals surface area contributed by atoms with Crippen LogP contribution < -0.4 is 5.32 Å². The second kappa shape index (κ2) is 6.35. The highest BCUT2D eigenvalue weighted by atomic mass is 16.6. The molecule has 1 rings (SSSR count). The van der Waals surface area contributed by atoms with E-state index in [0.717, 1.165) is 26.4 Å². The highest BCUT2D eigenvalue weighted by molar-refractivity contribution is 4.67. The summed E-state index contributed by atoms with van der Waals surface area (Å²) in [6, 6.07) is 0.593. The Hall–Kier alpha value is -0.120. The third kappa shape index (κ3) is 4.60. The molecule has 13 heavy (non-hydrogen) atoms. The number of hydrogen-bond donors (Lipinski definition) is 1. The number of nitrogens with one attached hydrogen (secondary N) is 1. The van der Waals surface area contributed by atoms with Crippen LogP contribution in [0.1, 0.15) is 26.7 Å². The van der Waals surface area contributed by atoms with E-state index in [1.165, 1.54) is 12.8 Å². The SMILES string of the molecule is CCCC(C)NCC1COCCO1. The van der Waals surface area contributed by atoms with Gasteiger partial charge >= 0.3 is 0 Å². The van der Waals surface area contributed by atoms with Crippen molar-refractivity contribution in [1.82, 2.24) is 5.32 Å². The molecule has 1 aliphatic rings. The fourth-order valence-electron chi connectivity index (χ4n) is 1.52. The van der Waals surface area contributed by atoms with Gasteiger partial charge in [0.25, 0.3) is 0 Å². The normalized spacial score (nSPS) is 25.8. The van der Waals surface area contributed by atoms with Crippen molar-refractivity contribution in [2.24, 2.45) is 0 Å². The van der Waals surface area contributed by atoms with Gasteiger partial charge in [-0.3, -0.25) is 0 Å². The van der Waals surface area contributed by atoms with Crippen LogP contribution in [0.4, 0.5) is 0 Å². The van der Waals surface area contributed by atoms with Crippen LogP contribution in [0.25, 0.3) is 0 Å². The Morgan fingerprint density at radius 3 is 2.92 bits per heavy atom. The largest absolute Gasteiger partial charge is 0.376 e. The highest BCUT2D eigenvalue weighted by Crippen LogP contribution is 2.01. The summed E-state index contributed by atoms with van der Waals surface area (Å²) in [6.07, 6.45) is 2.72. The predicted octanol–water partition coefficient (Wildman–Crippen LogP) is 1.18. The maximum Gasteiger partial charge on any atom is 0.0933 e. The average Bonchev–Trinajstić information content (AvgIpc) is 2.17. The molecule has 0 aromatic rings. The van der Waals surface area contributed by atoms with E-state index >= 15 is 0 Å². The second-order valence-electron chi connectivity index (χ2n) is 3.67. The molecule has 2 atom stereocenters. The number of rotatable bonds is 5. The molecular weight excluding hydrogens is 166 g/mol. The van der Waals surface area contributed by atoms with Gasteiger partial charge in [0.05, 0.1) is 25.9 Å². The molecule has 1 fully saturated rings. The number of ether oxygens (including phenoxy) is 2. The van der Waals surface area contributed by atoms with E-state index < -0.39 is 0 Å². The summed E-state index contributed by atoms with van der Waals surface area (Å²) < 4.78 is 10.8. The zero-order valence-corrected chi connectivity index (χ0v) is 8.71. The summed E-state index contributed by atoms with van der Waals surface area (Å²) in [5.74, 6) is 0. The van der Waals surface area contributed by atoms with Gasteiger partial charge in [0.1, 0.15) is 0 Å². The van der Waals surface area contributed by atoms with Crippen molar-refractivity contribution in [3.05, 3.63) is 0 Å². The minimum atomic E-state index is 0.257. The summed E-state index contributed by atoms with van der Waals surface area (Å²) in [6.45, 7) is 7.58. The second-order valence-corrected chi connectivity index (χ2v) is 3.67. The van der Waals surface area contributed by atoms with Crippen LogP contribution in [-0.2, 0) is 9.47 Å². The molecule has 2 unspecified atom stereocenters. The van der Waals surface area contributed by atoms with Crippen LogP contribution in [-0.4, -0.2) is 38.5 Å². The third-order valence-electron chi connectivity index (χ3n) is 2.30. The molecule has 0 aliphatic carbocycles. The van der Waals surface area contributed by atoms with Crippen LogP contribution >= 0.6 is 0 Å². The molecule has 0 aromatic carbocycles. The van der Waals surface area contributed by atoms with E-state index in [1.54, 1.807) is 0 Å². The zero-order valence-electron chi connectivity index (χ0n) is 8.71. The summed E-state index contributed by atoms with van der Waals surface area (Å²) >= 11 is 0. The van der Waals surface area contributed by atoms with E-state index in [1.807, 2.05) is 0 Å². The summed E-state index contributed by atoms with van der Waals surface area (Å²) in [5, 5.41) is 3.45. The maximum atomic E-state index is 5.52. The Labute approximate surface area is 80.8 Å². The Bertz CT molecular complexity index is 124. The van der Waals surface area contributed by atoms with Crippen LogP contribution in [0.15, 0.2) is 0 Å². The lowest BCUT2D eigenvalue weighted by Crippen LogP contribution is -2.40. The first-order valence-corrected chi connectivity index (χ1v) is 5.25. The molecule has 0 saturated carbocycles. The predicted molar refractivity (Wildman–Crippen MR) is 52.9 cm³/mol. The zero-order chi connectivity index (χ0) is 9.52. The van der Waals surface area contributed by atoms with Crippen molar-refractivity contribution in [3.8, 4) is 0 Å². The molecule has 0 amide bonds.